The third-order valence-corrected chi connectivity index (χ3v) is 7.68. The molecule has 0 atom stereocenters. The monoisotopic (exact) mass is 455 g/mol. The number of rotatable bonds is 4. The van der Waals surface area contributed by atoms with E-state index in [1.165, 1.54) is 18.4 Å². The normalized spacial score (nSPS) is 25.3. The number of piperazine rings is 1. The van der Waals surface area contributed by atoms with Crippen LogP contribution in [0.5, 0.6) is 0 Å². The largest absolute Gasteiger partial charge is 0.381 e. The third kappa shape index (κ3) is 4.80. The number of aromatic nitrogens is 3. The van der Waals surface area contributed by atoms with Crippen molar-refractivity contribution in [3.8, 4) is 0 Å². The summed E-state index contributed by atoms with van der Waals surface area (Å²) in [6, 6.07) is 1.19. The number of amides is 2. The Kier molecular flexibility index (Phi) is 6.69. The van der Waals surface area contributed by atoms with Crippen LogP contribution in [0.1, 0.15) is 50.0 Å². The van der Waals surface area contributed by atoms with Crippen LogP contribution in [0.15, 0.2) is 12.5 Å². The minimum atomic E-state index is 0.128. The molecular formula is C24H37N7O2. The standard InChI is InChI=1S/C24H37N7O2/c1-29(2)24(32)31-11-9-30(10-12-31)19-5-3-18(4-6-19)28-23-21-20(17-7-13-33-14-8-17)15-25-22(21)26-16-27-23/h15-19H,3-14H2,1-2H3,(H2,25,26,27,28). The van der Waals surface area contributed by atoms with E-state index in [-0.39, 0.29) is 6.03 Å². The minimum absolute atomic E-state index is 0.128. The summed E-state index contributed by atoms with van der Waals surface area (Å²) >= 11 is 0. The molecule has 2 saturated heterocycles. The molecule has 2 aliphatic heterocycles. The van der Waals surface area contributed by atoms with Gasteiger partial charge in [0, 0.05) is 71.8 Å². The molecule has 0 radical (unpaired) electrons. The predicted octanol–water partition coefficient (Wildman–Crippen LogP) is 2.87. The lowest BCUT2D eigenvalue weighted by Gasteiger charge is -2.42. The Bertz CT molecular complexity index is 939. The number of nitrogens with zero attached hydrogens (tertiary/aromatic N) is 5. The van der Waals surface area contributed by atoms with Crippen LogP contribution in [-0.4, -0.2) is 101 Å². The van der Waals surface area contributed by atoms with Gasteiger partial charge < -0.3 is 24.8 Å². The molecule has 9 heteroatoms. The summed E-state index contributed by atoms with van der Waals surface area (Å²) in [6.45, 7) is 5.28. The summed E-state index contributed by atoms with van der Waals surface area (Å²) < 4.78 is 5.57. The highest BCUT2D eigenvalue weighted by Gasteiger charge is 2.30. The molecule has 5 rings (SSSR count). The van der Waals surface area contributed by atoms with Crippen molar-refractivity contribution in [1.82, 2.24) is 29.7 Å². The second-order valence-electron chi connectivity index (χ2n) is 9.93. The molecule has 4 heterocycles. The molecule has 0 aromatic carbocycles. The average molecular weight is 456 g/mol. The Morgan fingerprint density at radius 2 is 1.79 bits per heavy atom. The number of ether oxygens (including phenoxy) is 1. The summed E-state index contributed by atoms with van der Waals surface area (Å²) in [7, 11) is 3.66. The first-order chi connectivity index (χ1) is 16.1. The smallest absolute Gasteiger partial charge is 0.319 e. The lowest BCUT2D eigenvalue weighted by Crippen LogP contribution is -2.54. The molecule has 0 spiro atoms. The summed E-state index contributed by atoms with van der Waals surface area (Å²) in [6.07, 6.45) is 10.6. The van der Waals surface area contributed by atoms with Gasteiger partial charge in [-0.05, 0) is 50.0 Å². The highest BCUT2D eigenvalue weighted by atomic mass is 16.5. The number of aromatic amines is 1. The Balaban J connectivity index is 1.18. The van der Waals surface area contributed by atoms with Crippen LogP contribution in [0.25, 0.3) is 11.0 Å². The molecule has 1 aliphatic carbocycles. The second-order valence-corrected chi connectivity index (χ2v) is 9.93. The van der Waals surface area contributed by atoms with Gasteiger partial charge in [0.15, 0.2) is 0 Å². The lowest BCUT2D eigenvalue weighted by atomic mass is 9.89. The van der Waals surface area contributed by atoms with Gasteiger partial charge in [-0.25, -0.2) is 14.8 Å². The van der Waals surface area contributed by atoms with Gasteiger partial charge in [-0.1, -0.05) is 0 Å². The van der Waals surface area contributed by atoms with Crippen LogP contribution in [-0.2, 0) is 4.74 Å². The van der Waals surface area contributed by atoms with E-state index in [2.05, 4.69) is 31.4 Å². The van der Waals surface area contributed by atoms with E-state index in [1.54, 1.807) is 11.2 Å². The number of fused-ring (bicyclic) bond motifs is 1. The summed E-state index contributed by atoms with van der Waals surface area (Å²) in [5.74, 6) is 1.48. The fraction of sp³-hybridized carbons (Fsp3) is 0.708. The Labute approximate surface area is 195 Å². The molecule has 33 heavy (non-hydrogen) atoms. The van der Waals surface area contributed by atoms with Crippen LogP contribution in [0.4, 0.5) is 10.6 Å². The highest BCUT2D eigenvalue weighted by molar-refractivity contribution is 5.91. The van der Waals surface area contributed by atoms with E-state index < -0.39 is 0 Å². The van der Waals surface area contributed by atoms with Crippen molar-refractivity contribution in [3.05, 3.63) is 18.1 Å². The Morgan fingerprint density at radius 1 is 1.06 bits per heavy atom. The van der Waals surface area contributed by atoms with E-state index >= 15 is 0 Å². The first-order valence-electron chi connectivity index (χ1n) is 12.5. The van der Waals surface area contributed by atoms with E-state index in [9.17, 15) is 4.79 Å². The van der Waals surface area contributed by atoms with Crippen molar-refractivity contribution in [2.24, 2.45) is 0 Å². The molecule has 3 aliphatic rings. The van der Waals surface area contributed by atoms with Crippen LogP contribution < -0.4 is 5.32 Å². The number of anilines is 1. The van der Waals surface area contributed by atoms with E-state index in [0.29, 0.717) is 18.0 Å². The molecule has 2 amide bonds. The van der Waals surface area contributed by atoms with Crippen LogP contribution in [0.2, 0.25) is 0 Å². The van der Waals surface area contributed by atoms with Gasteiger partial charge in [0.2, 0.25) is 0 Å². The molecule has 1 saturated carbocycles. The van der Waals surface area contributed by atoms with Crippen molar-refractivity contribution in [3.63, 3.8) is 0 Å². The number of urea groups is 1. The lowest BCUT2D eigenvalue weighted by molar-refractivity contribution is 0.0815. The van der Waals surface area contributed by atoms with Gasteiger partial charge in [-0.2, -0.15) is 0 Å². The van der Waals surface area contributed by atoms with Gasteiger partial charge in [0.1, 0.15) is 17.8 Å². The van der Waals surface area contributed by atoms with Crippen molar-refractivity contribution < 1.29 is 9.53 Å². The number of carbonyl (C=O) groups excluding carboxylic acids is 1. The maximum Gasteiger partial charge on any atom is 0.319 e. The topological polar surface area (TPSA) is 89.6 Å². The number of hydrogen-bond donors (Lipinski definition) is 2. The molecule has 3 fully saturated rings. The van der Waals surface area contributed by atoms with Crippen molar-refractivity contribution in [1.29, 1.82) is 0 Å². The fourth-order valence-electron chi connectivity index (χ4n) is 5.77. The van der Waals surface area contributed by atoms with Crippen LogP contribution in [0, 0.1) is 0 Å². The molecule has 0 bridgehead atoms. The maximum atomic E-state index is 12.2. The van der Waals surface area contributed by atoms with Gasteiger partial charge in [0.05, 0.1) is 5.39 Å². The van der Waals surface area contributed by atoms with E-state index in [0.717, 1.165) is 81.9 Å². The van der Waals surface area contributed by atoms with Crippen LogP contribution >= 0.6 is 0 Å². The molecule has 2 N–H and O–H groups in total. The molecule has 2 aromatic heterocycles. The fourth-order valence-corrected chi connectivity index (χ4v) is 5.77. The zero-order valence-corrected chi connectivity index (χ0v) is 19.9. The molecular weight excluding hydrogens is 418 g/mol. The van der Waals surface area contributed by atoms with Gasteiger partial charge in [0.25, 0.3) is 0 Å². The molecule has 9 nitrogen and oxygen atoms in total. The zero-order valence-electron chi connectivity index (χ0n) is 19.9. The van der Waals surface area contributed by atoms with E-state index in [1.807, 2.05) is 19.0 Å². The van der Waals surface area contributed by atoms with Gasteiger partial charge >= 0.3 is 6.03 Å². The minimum Gasteiger partial charge on any atom is -0.381 e. The maximum absolute atomic E-state index is 12.2. The summed E-state index contributed by atoms with van der Waals surface area (Å²) in [5, 5.41) is 4.93. The zero-order chi connectivity index (χ0) is 22.8. The van der Waals surface area contributed by atoms with Crippen molar-refractivity contribution in [2.75, 3.05) is 58.8 Å². The first kappa shape index (κ1) is 22.4. The number of carbonyl (C=O) groups is 1. The average Bonchev–Trinajstić information content (AvgIpc) is 3.30. The first-order valence-corrected chi connectivity index (χ1v) is 12.5. The quantitative estimate of drug-likeness (QED) is 0.737. The number of nitrogens with one attached hydrogen (secondary N) is 2. The highest BCUT2D eigenvalue weighted by Crippen LogP contribution is 2.36. The molecule has 0 unspecified atom stereocenters. The van der Waals surface area contributed by atoms with Crippen LogP contribution in [0.3, 0.4) is 0 Å². The van der Waals surface area contributed by atoms with Gasteiger partial charge in [-0.15, -0.1) is 0 Å². The molecule has 2 aromatic rings. The summed E-state index contributed by atoms with van der Waals surface area (Å²) in [4.78, 5) is 30.9. The number of hydrogen-bond acceptors (Lipinski definition) is 6. The van der Waals surface area contributed by atoms with Crippen molar-refractivity contribution in [2.45, 2.75) is 56.5 Å². The third-order valence-electron chi connectivity index (χ3n) is 7.68. The predicted molar refractivity (Wildman–Crippen MR) is 129 cm³/mol. The number of H-pyrrole nitrogens is 1. The SMILES string of the molecule is CN(C)C(=O)N1CCN(C2CCC(Nc3ncnc4[nH]cc(C5CCOCC5)c34)CC2)CC1. The Morgan fingerprint density at radius 3 is 2.48 bits per heavy atom. The summed E-state index contributed by atoms with van der Waals surface area (Å²) in [5.41, 5.74) is 2.25. The Hall–Kier alpha value is -2.39. The van der Waals surface area contributed by atoms with Gasteiger partial charge in [-0.3, -0.25) is 4.90 Å². The molecule has 180 valence electrons. The van der Waals surface area contributed by atoms with Crippen molar-refractivity contribution >= 4 is 22.9 Å². The second kappa shape index (κ2) is 9.85. The van der Waals surface area contributed by atoms with E-state index in [4.69, 9.17) is 4.74 Å².